The molecule has 1 saturated heterocycles. The molecule has 0 aromatic heterocycles. The first-order valence-electron chi connectivity index (χ1n) is 6.01. The van der Waals surface area contributed by atoms with E-state index in [9.17, 15) is 10.1 Å². The number of likely N-dealkylation sites (N-methyl/N-ethyl adjacent to an activating group) is 1. The van der Waals surface area contributed by atoms with Crippen LogP contribution in [0.25, 0.3) is 0 Å². The molecule has 0 aliphatic carbocycles. The maximum absolute atomic E-state index is 10.9. The number of nitro benzene ring substituents is 1. The van der Waals surface area contributed by atoms with E-state index in [1.807, 2.05) is 6.07 Å². The number of rotatable bonds is 4. The molecule has 2 rings (SSSR count). The van der Waals surface area contributed by atoms with Crippen molar-refractivity contribution in [2.45, 2.75) is 12.5 Å². The lowest BCUT2D eigenvalue weighted by Gasteiger charge is -2.15. The number of hydrogen-bond donors (Lipinski definition) is 2. The third-order valence-corrected chi connectivity index (χ3v) is 3.18. The maximum Gasteiger partial charge on any atom is 0.273 e. The number of hydrogen-bond acceptors (Lipinski definition) is 5. The van der Waals surface area contributed by atoms with Crippen molar-refractivity contribution in [3.05, 3.63) is 28.3 Å². The molecule has 2 N–H and O–H groups in total. The molecule has 1 aliphatic heterocycles. The van der Waals surface area contributed by atoms with E-state index in [-0.39, 0.29) is 10.6 Å². The molecular weight excluding hydrogens is 232 g/mol. The highest BCUT2D eigenvalue weighted by molar-refractivity contribution is 5.63. The first-order chi connectivity index (χ1) is 8.58. The van der Waals surface area contributed by atoms with Crippen molar-refractivity contribution in [2.24, 2.45) is 0 Å². The molecule has 0 bridgehead atoms. The number of likely N-dealkylation sites (tertiary alicyclic amines) is 1. The van der Waals surface area contributed by atoms with E-state index in [1.54, 1.807) is 13.1 Å². The number of nitro groups is 1. The summed E-state index contributed by atoms with van der Waals surface area (Å²) in [6.45, 7) is 2.03. The Bertz CT molecular complexity index is 450. The van der Waals surface area contributed by atoms with Gasteiger partial charge >= 0.3 is 0 Å². The van der Waals surface area contributed by atoms with Crippen molar-refractivity contribution >= 4 is 17.1 Å². The van der Waals surface area contributed by atoms with Crippen LogP contribution in [0.5, 0.6) is 0 Å². The fraction of sp³-hybridized carbons (Fsp3) is 0.500. The lowest BCUT2D eigenvalue weighted by Crippen LogP contribution is -2.23. The molecule has 6 nitrogen and oxygen atoms in total. The van der Waals surface area contributed by atoms with Crippen molar-refractivity contribution in [1.82, 2.24) is 4.90 Å². The highest BCUT2D eigenvalue weighted by Gasteiger charge is 2.20. The molecule has 1 heterocycles. The smallest absolute Gasteiger partial charge is 0.273 e. The van der Waals surface area contributed by atoms with Gasteiger partial charge in [-0.25, -0.2) is 0 Å². The van der Waals surface area contributed by atoms with Gasteiger partial charge in [-0.3, -0.25) is 10.1 Å². The Kier molecular flexibility index (Phi) is 3.66. The molecule has 1 aliphatic rings. The zero-order chi connectivity index (χ0) is 13.1. The van der Waals surface area contributed by atoms with Gasteiger partial charge in [0.15, 0.2) is 0 Å². The fourth-order valence-corrected chi connectivity index (χ4v) is 2.23. The summed E-state index contributed by atoms with van der Waals surface area (Å²) in [5.74, 6) is 0. The van der Waals surface area contributed by atoms with Crippen LogP contribution in [0.2, 0.25) is 0 Å². The second kappa shape index (κ2) is 5.22. The average Bonchev–Trinajstić information content (AvgIpc) is 2.74. The summed E-state index contributed by atoms with van der Waals surface area (Å²) in [5.41, 5.74) is 1.66. The normalized spacial score (nSPS) is 19.8. The van der Waals surface area contributed by atoms with Crippen LogP contribution < -0.4 is 10.6 Å². The Morgan fingerprint density at radius 2 is 2.11 bits per heavy atom. The molecule has 0 amide bonds. The van der Waals surface area contributed by atoms with E-state index in [1.165, 1.54) is 6.07 Å². The molecule has 1 aromatic carbocycles. The highest BCUT2D eigenvalue weighted by atomic mass is 16.6. The Morgan fingerprint density at radius 3 is 2.67 bits per heavy atom. The molecule has 1 aromatic rings. The first kappa shape index (κ1) is 12.6. The molecule has 18 heavy (non-hydrogen) atoms. The Labute approximate surface area is 106 Å². The standard InChI is InChI=1S/C12H18N4O2/c1-13-10-5-11(7-12(6-10)16(17)18)14-9-3-4-15(2)8-9/h5-7,9,13-14H,3-4,8H2,1-2H3. The van der Waals surface area contributed by atoms with Crippen LogP contribution in [0.1, 0.15) is 6.42 Å². The van der Waals surface area contributed by atoms with Crippen LogP contribution >= 0.6 is 0 Å². The minimum atomic E-state index is -0.368. The first-order valence-corrected chi connectivity index (χ1v) is 6.01. The Balaban J connectivity index is 2.16. The van der Waals surface area contributed by atoms with Crippen molar-refractivity contribution in [2.75, 3.05) is 37.8 Å². The van der Waals surface area contributed by atoms with Gasteiger partial charge in [-0.2, -0.15) is 0 Å². The molecule has 1 fully saturated rings. The van der Waals surface area contributed by atoms with E-state index in [0.29, 0.717) is 6.04 Å². The molecule has 0 spiro atoms. The second-order valence-electron chi connectivity index (χ2n) is 4.67. The lowest BCUT2D eigenvalue weighted by molar-refractivity contribution is -0.384. The third-order valence-electron chi connectivity index (χ3n) is 3.18. The summed E-state index contributed by atoms with van der Waals surface area (Å²) in [4.78, 5) is 12.7. The summed E-state index contributed by atoms with van der Waals surface area (Å²) in [5, 5.41) is 17.1. The molecule has 0 saturated carbocycles. The van der Waals surface area contributed by atoms with Crippen LogP contribution in [-0.2, 0) is 0 Å². The molecular formula is C12H18N4O2. The lowest BCUT2D eigenvalue weighted by atomic mass is 10.2. The van der Waals surface area contributed by atoms with Crippen LogP contribution in [0, 0.1) is 10.1 Å². The number of nitrogens with zero attached hydrogens (tertiary/aromatic N) is 2. The zero-order valence-electron chi connectivity index (χ0n) is 10.6. The maximum atomic E-state index is 10.9. The monoisotopic (exact) mass is 250 g/mol. The summed E-state index contributed by atoms with van der Waals surface area (Å²) < 4.78 is 0. The summed E-state index contributed by atoms with van der Waals surface area (Å²) in [7, 11) is 3.83. The number of benzene rings is 1. The van der Waals surface area contributed by atoms with E-state index in [4.69, 9.17) is 0 Å². The van der Waals surface area contributed by atoms with E-state index in [2.05, 4.69) is 22.6 Å². The van der Waals surface area contributed by atoms with Gasteiger partial charge in [0.25, 0.3) is 5.69 Å². The fourth-order valence-electron chi connectivity index (χ4n) is 2.23. The average molecular weight is 250 g/mol. The van der Waals surface area contributed by atoms with Crippen molar-refractivity contribution in [1.29, 1.82) is 0 Å². The van der Waals surface area contributed by atoms with Gasteiger partial charge in [0, 0.05) is 43.1 Å². The van der Waals surface area contributed by atoms with Crippen LogP contribution in [-0.4, -0.2) is 43.0 Å². The van der Waals surface area contributed by atoms with Gasteiger partial charge in [-0.15, -0.1) is 0 Å². The van der Waals surface area contributed by atoms with Gasteiger partial charge in [-0.05, 0) is 26.1 Å². The largest absolute Gasteiger partial charge is 0.388 e. The van der Waals surface area contributed by atoms with E-state index < -0.39 is 0 Å². The predicted molar refractivity (Wildman–Crippen MR) is 72.2 cm³/mol. The summed E-state index contributed by atoms with van der Waals surface area (Å²) >= 11 is 0. The van der Waals surface area contributed by atoms with E-state index >= 15 is 0 Å². The van der Waals surface area contributed by atoms with E-state index in [0.717, 1.165) is 30.9 Å². The number of non-ortho nitro benzene ring substituents is 1. The Morgan fingerprint density at radius 1 is 1.39 bits per heavy atom. The van der Waals surface area contributed by atoms with Gasteiger partial charge < -0.3 is 15.5 Å². The summed E-state index contributed by atoms with van der Waals surface area (Å²) in [6.07, 6.45) is 1.06. The van der Waals surface area contributed by atoms with Gasteiger partial charge in [0.05, 0.1) is 4.92 Å². The van der Waals surface area contributed by atoms with Gasteiger partial charge in [0.1, 0.15) is 0 Å². The molecule has 98 valence electrons. The van der Waals surface area contributed by atoms with Gasteiger partial charge in [-0.1, -0.05) is 0 Å². The SMILES string of the molecule is CNc1cc(NC2CCN(C)C2)cc([N+](=O)[O-])c1. The van der Waals surface area contributed by atoms with Crippen molar-refractivity contribution in [3.8, 4) is 0 Å². The number of nitrogens with one attached hydrogen (secondary N) is 2. The van der Waals surface area contributed by atoms with Crippen LogP contribution in [0.15, 0.2) is 18.2 Å². The number of anilines is 2. The second-order valence-corrected chi connectivity index (χ2v) is 4.67. The predicted octanol–water partition coefficient (Wildman–Crippen LogP) is 1.75. The minimum absolute atomic E-state index is 0.107. The van der Waals surface area contributed by atoms with Crippen LogP contribution in [0.4, 0.5) is 17.1 Å². The quantitative estimate of drug-likeness (QED) is 0.629. The van der Waals surface area contributed by atoms with Crippen LogP contribution in [0.3, 0.4) is 0 Å². The Hall–Kier alpha value is -1.82. The third kappa shape index (κ3) is 2.89. The van der Waals surface area contributed by atoms with Gasteiger partial charge in [0.2, 0.25) is 0 Å². The van der Waals surface area contributed by atoms with Crippen molar-refractivity contribution in [3.63, 3.8) is 0 Å². The zero-order valence-corrected chi connectivity index (χ0v) is 10.6. The van der Waals surface area contributed by atoms with Crippen molar-refractivity contribution < 1.29 is 4.92 Å². The summed E-state index contributed by atoms with van der Waals surface area (Å²) in [6, 6.07) is 5.37. The molecule has 1 atom stereocenters. The molecule has 0 radical (unpaired) electrons. The molecule has 6 heteroatoms. The topological polar surface area (TPSA) is 70.4 Å². The molecule has 1 unspecified atom stereocenters. The minimum Gasteiger partial charge on any atom is -0.388 e. The highest BCUT2D eigenvalue weighted by Crippen LogP contribution is 2.25.